The van der Waals surface area contributed by atoms with Crippen LogP contribution in [0.1, 0.15) is 118 Å². The Morgan fingerprint density at radius 2 is 1.64 bits per heavy atom. The van der Waals surface area contributed by atoms with Crippen molar-refractivity contribution in [1.82, 2.24) is 0 Å². The Hall–Kier alpha value is -1.04. The van der Waals surface area contributed by atoms with Gasteiger partial charge in [-0.05, 0) is 95.3 Å². The van der Waals surface area contributed by atoms with E-state index in [-0.39, 0.29) is 0 Å². The van der Waals surface area contributed by atoms with E-state index in [4.69, 9.17) is 0 Å². The van der Waals surface area contributed by atoms with E-state index in [0.717, 1.165) is 11.8 Å². The second-order valence-corrected chi connectivity index (χ2v) is 8.90. The summed E-state index contributed by atoms with van der Waals surface area (Å²) in [5.74, 6) is 1.73. The zero-order valence-corrected chi connectivity index (χ0v) is 19.6. The fourth-order valence-corrected chi connectivity index (χ4v) is 4.40. The van der Waals surface area contributed by atoms with E-state index in [2.05, 4.69) is 52.5 Å². The molecule has 0 aliphatic heterocycles. The Morgan fingerprint density at radius 1 is 0.964 bits per heavy atom. The number of rotatable bonds is 4. The first-order valence-electron chi connectivity index (χ1n) is 12.3. The molecule has 0 saturated heterocycles. The summed E-state index contributed by atoms with van der Waals surface area (Å²) in [5, 5.41) is 0. The third kappa shape index (κ3) is 10.5. The van der Waals surface area contributed by atoms with Crippen molar-refractivity contribution in [2.24, 2.45) is 11.8 Å². The molecule has 0 aromatic carbocycles. The normalized spacial score (nSPS) is 24.6. The Labute approximate surface area is 177 Å². The summed E-state index contributed by atoms with van der Waals surface area (Å²) in [6, 6.07) is 0. The average molecular weight is 385 g/mol. The van der Waals surface area contributed by atoms with Gasteiger partial charge in [0.25, 0.3) is 0 Å². The summed E-state index contributed by atoms with van der Waals surface area (Å²) >= 11 is 0. The molecule has 3 aliphatic rings. The van der Waals surface area contributed by atoms with Crippen LogP contribution in [0.25, 0.3) is 0 Å². The molecule has 28 heavy (non-hydrogen) atoms. The molecule has 0 heterocycles. The Morgan fingerprint density at radius 3 is 2.11 bits per heavy atom. The van der Waals surface area contributed by atoms with Gasteiger partial charge in [0, 0.05) is 0 Å². The van der Waals surface area contributed by atoms with Gasteiger partial charge in [-0.25, -0.2) is 0 Å². The zero-order valence-electron chi connectivity index (χ0n) is 19.6. The van der Waals surface area contributed by atoms with Gasteiger partial charge in [0.1, 0.15) is 0 Å². The van der Waals surface area contributed by atoms with Crippen LogP contribution in [0.4, 0.5) is 0 Å². The van der Waals surface area contributed by atoms with E-state index in [0.29, 0.717) is 0 Å². The summed E-state index contributed by atoms with van der Waals surface area (Å²) in [6.07, 6.45) is 28.1. The van der Waals surface area contributed by atoms with E-state index in [1.807, 2.05) is 6.08 Å². The fraction of sp³-hybridized carbons (Fsp3) is 0.714. The second-order valence-electron chi connectivity index (χ2n) is 8.90. The van der Waals surface area contributed by atoms with Gasteiger partial charge in [-0.3, -0.25) is 0 Å². The predicted molar refractivity (Wildman–Crippen MR) is 129 cm³/mol. The molecule has 0 nitrogen and oxygen atoms in total. The van der Waals surface area contributed by atoms with Crippen LogP contribution in [-0.2, 0) is 0 Å². The third-order valence-corrected chi connectivity index (χ3v) is 6.61. The summed E-state index contributed by atoms with van der Waals surface area (Å²) in [5.41, 5.74) is 4.87. The standard InChI is InChI=1S/2C10H18.C8H12/c1-3-9(2)10-7-5-4-6-8-10;1-3-6-10-8-5-4-7-9(10)2;1-2-8-6-4-3-5-7-8/h7,9H,3-6,8H2,1-2H3;6,9H,3-5,7-8H2,1-2H3;2,6H,1,3-5,7H2/b;10-6-;. The highest BCUT2D eigenvalue weighted by molar-refractivity contribution is 5.17. The Balaban J connectivity index is 0.000000212. The maximum Gasteiger partial charge on any atom is -0.0232 e. The molecule has 0 aromatic heterocycles. The Bertz CT molecular complexity index is 494. The lowest BCUT2D eigenvalue weighted by Gasteiger charge is -2.21. The van der Waals surface area contributed by atoms with Crippen LogP contribution in [0, 0.1) is 11.8 Å². The maximum atomic E-state index is 3.72. The quantitative estimate of drug-likeness (QED) is 0.423. The van der Waals surface area contributed by atoms with Gasteiger partial charge in [0.05, 0.1) is 0 Å². The number of hydrogen-bond acceptors (Lipinski definition) is 0. The summed E-state index contributed by atoms with van der Waals surface area (Å²) in [6.45, 7) is 12.9. The van der Waals surface area contributed by atoms with Gasteiger partial charge in [-0.2, -0.15) is 0 Å². The topological polar surface area (TPSA) is 0 Å². The minimum atomic E-state index is 0.847. The first kappa shape index (κ1) is 25.0. The van der Waals surface area contributed by atoms with Crippen molar-refractivity contribution in [2.45, 2.75) is 118 Å². The molecule has 1 saturated carbocycles. The van der Waals surface area contributed by atoms with Crippen molar-refractivity contribution in [1.29, 1.82) is 0 Å². The molecule has 0 amide bonds. The van der Waals surface area contributed by atoms with E-state index >= 15 is 0 Å². The van der Waals surface area contributed by atoms with E-state index in [1.165, 1.54) is 95.5 Å². The SMILES string of the molecule is C=CC1=CCCCC1.CC/C=C1/CCCCC1C.CCC(C)C1=CCCCC1. The highest BCUT2D eigenvalue weighted by atomic mass is 14.2. The van der Waals surface area contributed by atoms with Gasteiger partial charge in [0.15, 0.2) is 0 Å². The molecule has 2 unspecified atom stereocenters. The van der Waals surface area contributed by atoms with E-state index in [9.17, 15) is 0 Å². The number of hydrogen-bond donors (Lipinski definition) is 0. The Kier molecular flexibility index (Phi) is 14.1. The molecule has 3 aliphatic carbocycles. The van der Waals surface area contributed by atoms with Crippen molar-refractivity contribution < 1.29 is 0 Å². The predicted octanol–water partition coefficient (Wildman–Crippen LogP) is 9.74. The van der Waals surface area contributed by atoms with Crippen LogP contribution < -0.4 is 0 Å². The minimum Gasteiger partial charge on any atom is -0.0988 e. The van der Waals surface area contributed by atoms with Gasteiger partial charge in [-0.15, -0.1) is 0 Å². The molecule has 2 atom stereocenters. The monoisotopic (exact) mass is 384 g/mol. The lowest BCUT2D eigenvalue weighted by Crippen LogP contribution is -2.05. The zero-order chi connectivity index (χ0) is 20.6. The molecule has 0 N–H and O–H groups in total. The first-order valence-corrected chi connectivity index (χ1v) is 12.3. The van der Waals surface area contributed by atoms with Crippen LogP contribution in [-0.4, -0.2) is 0 Å². The van der Waals surface area contributed by atoms with Gasteiger partial charge in [0.2, 0.25) is 0 Å². The van der Waals surface area contributed by atoms with Crippen molar-refractivity contribution in [3.05, 3.63) is 47.6 Å². The van der Waals surface area contributed by atoms with Crippen molar-refractivity contribution in [3.8, 4) is 0 Å². The number of allylic oxidation sites excluding steroid dienone is 7. The summed E-state index contributed by atoms with van der Waals surface area (Å²) in [4.78, 5) is 0. The molecule has 1 fully saturated rings. The molecule has 0 radical (unpaired) electrons. The summed E-state index contributed by atoms with van der Waals surface area (Å²) < 4.78 is 0. The fourth-order valence-electron chi connectivity index (χ4n) is 4.40. The highest BCUT2D eigenvalue weighted by Crippen LogP contribution is 2.28. The molecule has 3 rings (SSSR count). The molecule has 0 aromatic rings. The van der Waals surface area contributed by atoms with Gasteiger partial charge < -0.3 is 0 Å². The van der Waals surface area contributed by atoms with Gasteiger partial charge >= 0.3 is 0 Å². The largest absolute Gasteiger partial charge is 0.0988 e. The van der Waals surface area contributed by atoms with Gasteiger partial charge in [-0.1, -0.05) is 81.7 Å². The first-order chi connectivity index (χ1) is 13.6. The molecular formula is C28H48. The molecular weight excluding hydrogens is 336 g/mol. The van der Waals surface area contributed by atoms with E-state index < -0.39 is 0 Å². The van der Waals surface area contributed by atoms with Crippen LogP contribution >= 0.6 is 0 Å². The minimum absolute atomic E-state index is 0.847. The lowest BCUT2D eigenvalue weighted by molar-refractivity contribution is 0.482. The maximum absolute atomic E-state index is 3.72. The smallest absolute Gasteiger partial charge is 0.0232 e. The van der Waals surface area contributed by atoms with E-state index in [1.54, 1.807) is 11.1 Å². The molecule has 0 heteroatoms. The average Bonchev–Trinajstić information content (AvgIpc) is 2.77. The molecule has 160 valence electrons. The van der Waals surface area contributed by atoms with Crippen LogP contribution in [0.15, 0.2) is 47.6 Å². The third-order valence-electron chi connectivity index (χ3n) is 6.61. The van der Waals surface area contributed by atoms with Crippen LogP contribution in [0.2, 0.25) is 0 Å². The molecule has 0 bridgehead atoms. The second kappa shape index (κ2) is 15.8. The summed E-state index contributed by atoms with van der Waals surface area (Å²) in [7, 11) is 0. The highest BCUT2D eigenvalue weighted by Gasteiger charge is 2.12. The van der Waals surface area contributed by atoms with Crippen LogP contribution in [0.3, 0.4) is 0 Å². The lowest BCUT2D eigenvalue weighted by atomic mass is 9.85. The molecule has 0 spiro atoms. The van der Waals surface area contributed by atoms with Crippen LogP contribution in [0.5, 0.6) is 0 Å². The van der Waals surface area contributed by atoms with Crippen molar-refractivity contribution in [3.63, 3.8) is 0 Å². The van der Waals surface area contributed by atoms with Crippen molar-refractivity contribution in [2.75, 3.05) is 0 Å². The van der Waals surface area contributed by atoms with Crippen molar-refractivity contribution >= 4 is 0 Å².